The predicted molar refractivity (Wildman–Crippen MR) is 137 cm³/mol. The molecule has 0 aliphatic carbocycles. The van der Waals surface area contributed by atoms with Crippen molar-refractivity contribution < 1.29 is 34.0 Å². The number of rotatable bonds is 3. The van der Waals surface area contributed by atoms with Gasteiger partial charge in [-0.05, 0) is 51.2 Å². The van der Waals surface area contributed by atoms with Gasteiger partial charge in [0, 0.05) is 24.3 Å². The second kappa shape index (κ2) is 11.8. The fourth-order valence-electron chi connectivity index (χ4n) is 5.21. The minimum atomic E-state index is -1.22. The Labute approximate surface area is 218 Å². The van der Waals surface area contributed by atoms with E-state index in [4.69, 9.17) is 14.2 Å². The van der Waals surface area contributed by atoms with Gasteiger partial charge in [-0.2, -0.15) is 0 Å². The van der Waals surface area contributed by atoms with Crippen molar-refractivity contribution in [2.24, 2.45) is 17.8 Å². The maximum atomic E-state index is 13.0. The number of aliphatic hydroxyl groups excluding tert-OH is 2. The third kappa shape index (κ3) is 6.61. The van der Waals surface area contributed by atoms with Crippen molar-refractivity contribution >= 4 is 29.2 Å². The number of fused-ring (bicyclic) bond motifs is 1. The van der Waals surface area contributed by atoms with Gasteiger partial charge < -0.3 is 24.4 Å². The Kier molecular flexibility index (Phi) is 9.49. The number of methoxy groups -OCH3 is 1. The normalized spacial score (nSPS) is 39.4. The zero-order valence-corrected chi connectivity index (χ0v) is 23.2. The summed E-state index contributed by atoms with van der Waals surface area (Å²) in [6.45, 7) is 11.0. The smallest absolute Gasteiger partial charge is 0.309 e. The number of ether oxygens (including phenoxy) is 3. The molecule has 2 aliphatic heterocycles. The Morgan fingerprint density at radius 2 is 1.94 bits per heavy atom. The molecule has 2 fully saturated rings. The van der Waals surface area contributed by atoms with E-state index in [1.807, 2.05) is 39.2 Å². The Morgan fingerprint density at radius 1 is 1.25 bits per heavy atom. The van der Waals surface area contributed by atoms with E-state index >= 15 is 0 Å². The number of thiazole rings is 1. The Bertz CT molecular complexity index is 962. The minimum absolute atomic E-state index is 0.0929. The lowest BCUT2D eigenvalue weighted by atomic mass is 9.81. The number of ketones is 1. The summed E-state index contributed by atoms with van der Waals surface area (Å²) in [5.41, 5.74) is 1.08. The van der Waals surface area contributed by atoms with E-state index in [9.17, 15) is 19.8 Å². The second-order valence-corrected chi connectivity index (χ2v) is 11.8. The number of epoxide rings is 1. The zero-order chi connectivity index (χ0) is 26.8. The van der Waals surface area contributed by atoms with E-state index in [0.717, 1.165) is 35.5 Å². The van der Waals surface area contributed by atoms with Crippen molar-refractivity contribution in [3.8, 4) is 0 Å². The maximum absolute atomic E-state index is 13.0. The number of cyclic esters (lactones) is 1. The largest absolute Gasteiger partial charge is 0.455 e. The highest BCUT2D eigenvalue weighted by molar-refractivity contribution is 7.09. The first kappa shape index (κ1) is 28.9. The van der Waals surface area contributed by atoms with Gasteiger partial charge in [-0.1, -0.05) is 27.2 Å². The number of carbonyl (C=O) groups is 2. The molecular formula is C27H41NO7S. The number of aryl methyl sites for hydroxylation is 1. The lowest BCUT2D eigenvalue weighted by Gasteiger charge is -2.30. The Hall–Kier alpha value is -1.65. The number of aromatic nitrogens is 1. The Balaban J connectivity index is 1.91. The quantitative estimate of drug-likeness (QED) is 0.455. The molecule has 0 bridgehead atoms. The molecule has 2 saturated heterocycles. The summed E-state index contributed by atoms with van der Waals surface area (Å²) in [5, 5.41) is 24.3. The van der Waals surface area contributed by atoms with E-state index in [0.29, 0.717) is 0 Å². The van der Waals surface area contributed by atoms with Crippen LogP contribution in [0.5, 0.6) is 0 Å². The standard InChI is InChI=1S/C27H41NO7S/c1-14-9-8-10-27(6)26(35-27)25(33-7)24(15(2)11-19-13-36-18(5)28-19)34-21(30)12-20(29)16(3)23(32)17(4)22(14)31/h11,13-14,16-17,20,22,24-26,29,31H,8-10,12H2,1-7H3/b15-11+/t14-,16?,17+,20-,22-,24+,25?,26-,27+/m0/s1. The SMILES string of the molecule is COC1[C@@H](/C(C)=C/c2csc(C)n2)OC(=O)C[C@H](O)C(C)C(=O)[C@H](C)[C@@H](O)[C@@H](C)CCC[C@@]2(C)O[C@@H]12. The first-order chi connectivity index (χ1) is 16.9. The van der Waals surface area contributed by atoms with E-state index in [2.05, 4.69) is 4.98 Å². The van der Waals surface area contributed by atoms with Crippen molar-refractivity contribution in [3.05, 3.63) is 21.7 Å². The van der Waals surface area contributed by atoms with Gasteiger partial charge in [0.05, 0.1) is 34.9 Å². The average Bonchev–Trinajstić information content (AvgIpc) is 3.31. The average molecular weight is 524 g/mol. The van der Waals surface area contributed by atoms with Crippen LogP contribution in [0.2, 0.25) is 0 Å². The van der Waals surface area contributed by atoms with Gasteiger partial charge in [0.15, 0.2) is 6.10 Å². The van der Waals surface area contributed by atoms with Crippen LogP contribution in [0.15, 0.2) is 11.0 Å². The highest BCUT2D eigenvalue weighted by Crippen LogP contribution is 2.46. The van der Waals surface area contributed by atoms with Crippen LogP contribution in [-0.2, 0) is 23.8 Å². The molecule has 9 atom stereocenters. The highest BCUT2D eigenvalue weighted by Gasteiger charge is 2.58. The third-order valence-electron chi connectivity index (χ3n) is 7.81. The number of nitrogens with zero attached hydrogens (tertiary/aromatic N) is 1. The van der Waals surface area contributed by atoms with Crippen LogP contribution < -0.4 is 0 Å². The maximum Gasteiger partial charge on any atom is 0.309 e. The lowest BCUT2D eigenvalue weighted by molar-refractivity contribution is -0.157. The van der Waals surface area contributed by atoms with Crippen molar-refractivity contribution in [2.75, 3.05) is 7.11 Å². The minimum Gasteiger partial charge on any atom is -0.455 e. The summed E-state index contributed by atoms with van der Waals surface area (Å²) in [6, 6.07) is 0. The van der Waals surface area contributed by atoms with Gasteiger partial charge in [0.25, 0.3) is 0 Å². The van der Waals surface area contributed by atoms with Gasteiger partial charge in [-0.25, -0.2) is 4.98 Å². The van der Waals surface area contributed by atoms with Gasteiger partial charge in [0.1, 0.15) is 18.0 Å². The molecule has 1 aromatic heterocycles. The lowest BCUT2D eigenvalue weighted by Crippen LogP contribution is -2.42. The zero-order valence-electron chi connectivity index (χ0n) is 22.4. The van der Waals surface area contributed by atoms with Crippen molar-refractivity contribution in [1.82, 2.24) is 4.98 Å². The first-order valence-electron chi connectivity index (χ1n) is 12.8. The number of carbonyl (C=O) groups excluding carboxylic acids is 2. The van der Waals surface area contributed by atoms with Crippen LogP contribution >= 0.6 is 11.3 Å². The molecule has 2 unspecified atom stereocenters. The molecular weight excluding hydrogens is 482 g/mol. The predicted octanol–water partition coefficient (Wildman–Crippen LogP) is 3.71. The van der Waals surface area contributed by atoms with Gasteiger partial charge in [-0.3, -0.25) is 9.59 Å². The van der Waals surface area contributed by atoms with Crippen molar-refractivity contribution in [2.45, 2.75) is 103 Å². The number of hydrogen-bond donors (Lipinski definition) is 2. The number of hydrogen-bond acceptors (Lipinski definition) is 9. The molecule has 0 radical (unpaired) electrons. The highest BCUT2D eigenvalue weighted by atomic mass is 32.1. The molecule has 202 valence electrons. The van der Waals surface area contributed by atoms with Crippen LogP contribution in [0.3, 0.4) is 0 Å². The van der Waals surface area contributed by atoms with E-state index in [1.54, 1.807) is 21.0 Å². The number of aliphatic hydroxyl groups is 2. The molecule has 3 heterocycles. The summed E-state index contributed by atoms with van der Waals surface area (Å²) in [6.07, 6.45) is 0.190. The molecule has 2 N–H and O–H groups in total. The molecule has 9 heteroatoms. The number of esters is 1. The van der Waals surface area contributed by atoms with Crippen LogP contribution in [0.1, 0.15) is 71.0 Å². The third-order valence-corrected chi connectivity index (χ3v) is 8.60. The van der Waals surface area contributed by atoms with E-state index in [1.165, 1.54) is 11.3 Å². The molecule has 36 heavy (non-hydrogen) atoms. The van der Waals surface area contributed by atoms with Crippen molar-refractivity contribution in [1.29, 1.82) is 0 Å². The Morgan fingerprint density at radius 3 is 2.56 bits per heavy atom. The fourth-order valence-corrected chi connectivity index (χ4v) is 5.78. The molecule has 0 spiro atoms. The first-order valence-corrected chi connectivity index (χ1v) is 13.7. The summed E-state index contributed by atoms with van der Waals surface area (Å²) < 4.78 is 17.9. The molecule has 1 aromatic rings. The van der Waals surface area contributed by atoms with Crippen LogP contribution in [0.25, 0.3) is 6.08 Å². The van der Waals surface area contributed by atoms with Gasteiger partial charge >= 0.3 is 5.97 Å². The molecule has 2 aliphatic rings. The van der Waals surface area contributed by atoms with Crippen molar-refractivity contribution in [3.63, 3.8) is 0 Å². The molecule has 3 rings (SSSR count). The van der Waals surface area contributed by atoms with E-state index in [-0.39, 0.29) is 24.2 Å². The molecule has 0 saturated carbocycles. The summed E-state index contributed by atoms with van der Waals surface area (Å²) >= 11 is 1.53. The molecule has 0 amide bonds. The summed E-state index contributed by atoms with van der Waals surface area (Å²) in [5.74, 6) is -2.45. The topological polar surface area (TPSA) is 118 Å². The van der Waals surface area contributed by atoms with Crippen LogP contribution in [0, 0.1) is 24.7 Å². The van der Waals surface area contributed by atoms with E-state index < -0.39 is 47.8 Å². The summed E-state index contributed by atoms with van der Waals surface area (Å²) in [4.78, 5) is 30.4. The van der Waals surface area contributed by atoms with Gasteiger partial charge in [0.2, 0.25) is 0 Å². The van der Waals surface area contributed by atoms with Crippen LogP contribution in [-0.4, -0.2) is 70.2 Å². The number of Topliss-reactive ketones (excluding diaryl/α,β-unsaturated/α-hetero) is 1. The van der Waals surface area contributed by atoms with Gasteiger partial charge in [-0.15, -0.1) is 11.3 Å². The van der Waals surface area contributed by atoms with Crippen LogP contribution in [0.4, 0.5) is 0 Å². The molecule has 8 nitrogen and oxygen atoms in total. The second-order valence-electron chi connectivity index (χ2n) is 10.8. The fraction of sp³-hybridized carbons (Fsp3) is 0.741. The monoisotopic (exact) mass is 523 g/mol. The summed E-state index contributed by atoms with van der Waals surface area (Å²) in [7, 11) is 1.57. The molecule has 0 aromatic carbocycles.